The summed E-state index contributed by atoms with van der Waals surface area (Å²) in [7, 11) is 0. The molecule has 0 fully saturated rings. The molecule has 1 aliphatic rings. The van der Waals surface area contributed by atoms with Gasteiger partial charge in [0.15, 0.2) is 0 Å². The molecule has 120 valence electrons. The fourth-order valence-electron chi connectivity index (χ4n) is 3.28. The predicted molar refractivity (Wildman–Crippen MR) is 102 cm³/mol. The summed E-state index contributed by atoms with van der Waals surface area (Å²) in [6, 6.07) is 10.9. The van der Waals surface area contributed by atoms with Crippen molar-refractivity contribution in [1.29, 1.82) is 0 Å². The van der Waals surface area contributed by atoms with Gasteiger partial charge in [0.2, 0.25) is 0 Å². The lowest BCUT2D eigenvalue weighted by atomic mass is 9.70. The summed E-state index contributed by atoms with van der Waals surface area (Å²) in [5.41, 5.74) is 5.90. The highest BCUT2D eigenvalue weighted by Gasteiger charge is 2.41. The molecule has 1 heteroatoms. The van der Waals surface area contributed by atoms with E-state index < -0.39 is 0 Å². The zero-order valence-corrected chi connectivity index (χ0v) is 16.4. The maximum Gasteiger partial charge on any atom is 0.0574 e. The van der Waals surface area contributed by atoms with Gasteiger partial charge in [-0.15, -0.1) is 0 Å². The molecule has 0 spiro atoms. The number of alkyl halides is 1. The van der Waals surface area contributed by atoms with Crippen LogP contribution in [0.25, 0.3) is 5.57 Å². The van der Waals surface area contributed by atoms with Gasteiger partial charge in [0.1, 0.15) is 0 Å². The summed E-state index contributed by atoms with van der Waals surface area (Å²) in [6.07, 6.45) is 3.57. The average Bonchev–Trinajstić information content (AvgIpc) is 2.46. The Morgan fingerprint density at radius 1 is 0.909 bits per heavy atom. The van der Waals surface area contributed by atoms with Crippen LogP contribution < -0.4 is 0 Å². The van der Waals surface area contributed by atoms with Gasteiger partial charge in [-0.05, 0) is 40.9 Å². The summed E-state index contributed by atoms with van der Waals surface area (Å²) in [5, 5.41) is 0. The van der Waals surface area contributed by atoms with Crippen LogP contribution in [0.1, 0.15) is 53.5 Å². The highest BCUT2D eigenvalue weighted by Crippen LogP contribution is 2.52. The molecule has 22 heavy (non-hydrogen) atoms. The number of halogens is 1. The SMILES string of the molecule is CC(C)C1=CC(C(C)C)=C(c2ccccc2)C(Br)(C(C)C)C1. The molecule has 1 atom stereocenters. The summed E-state index contributed by atoms with van der Waals surface area (Å²) < 4.78 is 0.0301. The molecule has 1 aliphatic carbocycles. The summed E-state index contributed by atoms with van der Waals surface area (Å²) in [6.45, 7) is 13.9. The van der Waals surface area contributed by atoms with E-state index >= 15 is 0 Å². The van der Waals surface area contributed by atoms with Crippen LogP contribution in [-0.2, 0) is 0 Å². The molecular weight excluding hydrogens is 332 g/mol. The van der Waals surface area contributed by atoms with Crippen molar-refractivity contribution < 1.29 is 0 Å². The van der Waals surface area contributed by atoms with Gasteiger partial charge in [0, 0.05) is 0 Å². The summed E-state index contributed by atoms with van der Waals surface area (Å²) >= 11 is 4.18. The van der Waals surface area contributed by atoms with E-state index in [1.54, 1.807) is 5.57 Å². The Balaban J connectivity index is 2.73. The van der Waals surface area contributed by atoms with Crippen molar-refractivity contribution in [1.82, 2.24) is 0 Å². The van der Waals surface area contributed by atoms with Crippen LogP contribution in [0, 0.1) is 17.8 Å². The first-order valence-electron chi connectivity index (χ1n) is 8.46. The van der Waals surface area contributed by atoms with Crippen molar-refractivity contribution in [2.45, 2.75) is 52.3 Å². The first-order chi connectivity index (χ1) is 10.3. The maximum absolute atomic E-state index is 4.18. The van der Waals surface area contributed by atoms with Crippen LogP contribution in [0.4, 0.5) is 0 Å². The second-order valence-corrected chi connectivity index (χ2v) is 8.83. The van der Waals surface area contributed by atoms with Crippen molar-refractivity contribution in [3.63, 3.8) is 0 Å². The quantitative estimate of drug-likeness (QED) is 0.513. The Hall–Kier alpha value is -0.820. The van der Waals surface area contributed by atoms with E-state index in [1.165, 1.54) is 16.7 Å². The molecule has 0 aromatic heterocycles. The number of benzene rings is 1. The molecule has 1 aromatic rings. The number of hydrogen-bond acceptors (Lipinski definition) is 0. The smallest absolute Gasteiger partial charge is 0.0574 e. The lowest BCUT2D eigenvalue weighted by Crippen LogP contribution is -2.34. The monoisotopic (exact) mass is 360 g/mol. The second kappa shape index (κ2) is 6.74. The molecule has 0 nitrogen and oxygen atoms in total. The van der Waals surface area contributed by atoms with Crippen molar-refractivity contribution in [3.05, 3.63) is 53.1 Å². The van der Waals surface area contributed by atoms with Crippen LogP contribution in [0.3, 0.4) is 0 Å². The predicted octanol–water partition coefficient (Wildman–Crippen LogP) is 6.87. The lowest BCUT2D eigenvalue weighted by molar-refractivity contribution is 0.499. The average molecular weight is 361 g/mol. The van der Waals surface area contributed by atoms with Gasteiger partial charge in [-0.1, -0.05) is 99.5 Å². The molecule has 1 aromatic carbocycles. The van der Waals surface area contributed by atoms with Gasteiger partial charge in [-0.25, -0.2) is 0 Å². The Morgan fingerprint density at radius 3 is 1.95 bits per heavy atom. The lowest BCUT2D eigenvalue weighted by Gasteiger charge is -2.41. The topological polar surface area (TPSA) is 0 Å². The molecular formula is C21H29Br. The molecule has 2 rings (SSSR count). The summed E-state index contributed by atoms with van der Waals surface area (Å²) in [4.78, 5) is 0. The second-order valence-electron chi connectivity index (χ2n) is 7.42. The fourth-order valence-corrected chi connectivity index (χ4v) is 4.06. The van der Waals surface area contributed by atoms with Gasteiger partial charge in [-0.3, -0.25) is 0 Å². The standard InChI is InChI=1S/C21H29Br/c1-14(2)18-12-19(15(3)4)20(17-10-8-7-9-11-17)21(22,13-18)16(5)6/h7-12,14-16H,13H2,1-6H3. The molecule has 0 N–H and O–H groups in total. The van der Waals surface area contributed by atoms with E-state index in [9.17, 15) is 0 Å². The summed E-state index contributed by atoms with van der Waals surface area (Å²) in [5.74, 6) is 1.67. The molecule has 1 unspecified atom stereocenters. The first kappa shape index (κ1) is 17.5. The van der Waals surface area contributed by atoms with E-state index in [0.717, 1.165) is 6.42 Å². The highest BCUT2D eigenvalue weighted by molar-refractivity contribution is 9.10. The Bertz CT molecular complexity index is 575. The number of hydrogen-bond donors (Lipinski definition) is 0. The zero-order valence-electron chi connectivity index (χ0n) is 14.8. The van der Waals surface area contributed by atoms with Crippen LogP contribution in [0.15, 0.2) is 47.6 Å². The minimum Gasteiger partial charge on any atom is -0.0795 e. The van der Waals surface area contributed by atoms with Crippen molar-refractivity contribution in [2.24, 2.45) is 17.8 Å². The van der Waals surface area contributed by atoms with Gasteiger partial charge in [0.25, 0.3) is 0 Å². The van der Waals surface area contributed by atoms with Crippen molar-refractivity contribution in [3.8, 4) is 0 Å². The van der Waals surface area contributed by atoms with Crippen LogP contribution >= 0.6 is 15.9 Å². The van der Waals surface area contributed by atoms with Gasteiger partial charge >= 0.3 is 0 Å². The van der Waals surface area contributed by atoms with Gasteiger partial charge in [0.05, 0.1) is 4.32 Å². The Morgan fingerprint density at radius 2 is 1.50 bits per heavy atom. The Labute approximate surface area is 144 Å². The fraction of sp³-hybridized carbons (Fsp3) is 0.524. The van der Waals surface area contributed by atoms with Crippen molar-refractivity contribution >= 4 is 21.5 Å². The molecule has 0 amide bonds. The van der Waals surface area contributed by atoms with E-state index in [1.807, 2.05) is 0 Å². The number of allylic oxidation sites excluding steroid dienone is 4. The first-order valence-corrected chi connectivity index (χ1v) is 9.26. The largest absolute Gasteiger partial charge is 0.0795 e. The molecule has 0 aliphatic heterocycles. The minimum absolute atomic E-state index is 0.0301. The van der Waals surface area contributed by atoms with Crippen molar-refractivity contribution in [2.75, 3.05) is 0 Å². The minimum atomic E-state index is 0.0301. The third-order valence-electron chi connectivity index (χ3n) is 4.85. The molecule has 0 bridgehead atoms. The third-order valence-corrected chi connectivity index (χ3v) is 6.44. The molecule has 0 saturated heterocycles. The maximum atomic E-state index is 4.18. The van der Waals surface area contributed by atoms with Crippen LogP contribution in [0.5, 0.6) is 0 Å². The zero-order chi connectivity index (χ0) is 16.5. The van der Waals surface area contributed by atoms with E-state index in [0.29, 0.717) is 17.8 Å². The molecule has 0 saturated carbocycles. The van der Waals surface area contributed by atoms with E-state index in [2.05, 4.69) is 93.9 Å². The molecule has 0 radical (unpaired) electrons. The van der Waals surface area contributed by atoms with Crippen LogP contribution in [-0.4, -0.2) is 4.32 Å². The van der Waals surface area contributed by atoms with E-state index in [-0.39, 0.29) is 4.32 Å². The van der Waals surface area contributed by atoms with Gasteiger partial charge in [-0.2, -0.15) is 0 Å². The Kier molecular flexibility index (Phi) is 5.37. The van der Waals surface area contributed by atoms with Gasteiger partial charge < -0.3 is 0 Å². The normalized spacial score (nSPS) is 22.7. The number of rotatable bonds is 4. The van der Waals surface area contributed by atoms with Crippen LogP contribution in [0.2, 0.25) is 0 Å². The third kappa shape index (κ3) is 3.25. The van der Waals surface area contributed by atoms with E-state index in [4.69, 9.17) is 0 Å². The molecule has 0 heterocycles. The highest BCUT2D eigenvalue weighted by atomic mass is 79.9.